The van der Waals surface area contributed by atoms with Gasteiger partial charge in [-0.2, -0.15) is 17.5 Å². The van der Waals surface area contributed by atoms with Gasteiger partial charge in [-0.05, 0) is 30.7 Å². The first kappa shape index (κ1) is 22.9. The summed E-state index contributed by atoms with van der Waals surface area (Å²) in [6.07, 6.45) is -3.22. The average Bonchev–Trinajstić information content (AvgIpc) is 2.77. The topological polar surface area (TPSA) is 96.7 Å². The van der Waals surface area contributed by atoms with Crippen LogP contribution >= 0.6 is 0 Å². The lowest BCUT2D eigenvalue weighted by molar-refractivity contribution is -0.385. The van der Waals surface area contributed by atoms with Crippen LogP contribution in [0.25, 0.3) is 10.9 Å². The average molecular weight is 480 g/mol. The minimum absolute atomic E-state index is 0.00256. The normalized spacial score (nSPS) is 15.7. The van der Waals surface area contributed by atoms with Gasteiger partial charge in [-0.15, -0.1) is 0 Å². The molecule has 2 heterocycles. The van der Waals surface area contributed by atoms with Gasteiger partial charge >= 0.3 is 6.18 Å². The molecule has 2 aromatic carbocycles. The van der Waals surface area contributed by atoms with Crippen molar-refractivity contribution in [3.05, 3.63) is 69.9 Å². The molecule has 1 aromatic heterocycles. The summed E-state index contributed by atoms with van der Waals surface area (Å²) in [6.45, 7) is 1.76. The summed E-state index contributed by atoms with van der Waals surface area (Å²) in [5.74, 6) is 0. The van der Waals surface area contributed by atoms with E-state index in [0.29, 0.717) is 17.0 Å². The maximum Gasteiger partial charge on any atom is 0.418 e. The number of fused-ring (bicyclic) bond motifs is 1. The minimum atomic E-state index is -4.79. The summed E-state index contributed by atoms with van der Waals surface area (Å²) in [5, 5.41) is 11.6. The number of nitro groups is 1. The van der Waals surface area contributed by atoms with Gasteiger partial charge in [0.2, 0.25) is 10.0 Å². The van der Waals surface area contributed by atoms with E-state index in [1.54, 1.807) is 18.3 Å². The maximum atomic E-state index is 13.5. The second-order valence-corrected chi connectivity index (χ2v) is 9.59. The third-order valence-corrected chi connectivity index (χ3v) is 7.43. The first-order valence-electron chi connectivity index (χ1n) is 9.94. The molecule has 0 spiro atoms. The van der Waals surface area contributed by atoms with Crippen LogP contribution in [0.2, 0.25) is 0 Å². The number of halogens is 3. The van der Waals surface area contributed by atoms with Crippen molar-refractivity contribution in [2.75, 3.05) is 31.1 Å². The van der Waals surface area contributed by atoms with Gasteiger partial charge in [0.25, 0.3) is 5.69 Å². The number of piperazine rings is 1. The molecular weight excluding hydrogens is 461 g/mol. The van der Waals surface area contributed by atoms with Crippen molar-refractivity contribution in [2.45, 2.75) is 18.0 Å². The Labute approximate surface area is 187 Å². The molecule has 0 bridgehead atoms. The SMILES string of the molecule is Cc1cnc2c(S(=O)(=O)N3CCN(c4ccc([N+](=O)[O-])cc4C(F)(F)F)CC3)cccc2c1. The maximum absolute atomic E-state index is 13.5. The molecule has 0 atom stereocenters. The molecule has 0 aliphatic carbocycles. The number of anilines is 1. The number of alkyl halides is 3. The third-order valence-electron chi connectivity index (χ3n) is 5.50. The van der Waals surface area contributed by atoms with Gasteiger partial charge in [0.15, 0.2) is 0 Å². The van der Waals surface area contributed by atoms with E-state index in [0.717, 1.165) is 17.7 Å². The number of non-ortho nitro benzene ring substituents is 1. The quantitative estimate of drug-likeness (QED) is 0.414. The lowest BCUT2D eigenvalue weighted by Crippen LogP contribution is -2.49. The molecule has 0 N–H and O–H groups in total. The molecule has 1 saturated heterocycles. The van der Waals surface area contributed by atoms with Crippen LogP contribution in [-0.2, 0) is 16.2 Å². The van der Waals surface area contributed by atoms with Gasteiger partial charge in [-0.1, -0.05) is 12.1 Å². The summed E-state index contributed by atoms with van der Waals surface area (Å²) >= 11 is 0. The van der Waals surface area contributed by atoms with Gasteiger partial charge in [0.1, 0.15) is 4.90 Å². The summed E-state index contributed by atoms with van der Waals surface area (Å²) < 4.78 is 68.4. The van der Waals surface area contributed by atoms with E-state index in [1.807, 2.05) is 13.0 Å². The van der Waals surface area contributed by atoms with Gasteiger partial charge in [0, 0.05) is 55.6 Å². The predicted molar refractivity (Wildman–Crippen MR) is 116 cm³/mol. The third kappa shape index (κ3) is 4.35. The smallest absolute Gasteiger partial charge is 0.368 e. The van der Waals surface area contributed by atoms with Crippen LogP contribution in [0.15, 0.2) is 53.6 Å². The summed E-state index contributed by atoms with van der Waals surface area (Å²) in [6, 6.07) is 9.25. The van der Waals surface area contributed by atoms with Gasteiger partial charge in [0.05, 0.1) is 16.0 Å². The van der Waals surface area contributed by atoms with Crippen molar-refractivity contribution in [3.63, 3.8) is 0 Å². The lowest BCUT2D eigenvalue weighted by Gasteiger charge is -2.36. The van der Waals surface area contributed by atoms with Crippen molar-refractivity contribution >= 4 is 32.3 Å². The number of pyridine rings is 1. The molecule has 4 rings (SSSR count). The van der Waals surface area contributed by atoms with Gasteiger partial charge in [-0.25, -0.2) is 8.42 Å². The number of benzene rings is 2. The molecule has 0 amide bonds. The molecular formula is C21H19F3N4O4S. The summed E-state index contributed by atoms with van der Waals surface area (Å²) in [4.78, 5) is 15.7. The Bertz CT molecular complexity index is 1340. The zero-order valence-electron chi connectivity index (χ0n) is 17.4. The van der Waals surface area contributed by atoms with Crippen LogP contribution in [0.3, 0.4) is 0 Å². The second-order valence-electron chi connectivity index (χ2n) is 7.69. The van der Waals surface area contributed by atoms with E-state index in [-0.39, 0.29) is 36.8 Å². The standard InChI is InChI=1S/C21H19F3N4O4S/c1-14-11-15-3-2-4-19(20(15)25-13-14)33(31,32)27-9-7-26(8-10-27)18-6-5-16(28(29)30)12-17(18)21(22,23)24/h2-6,11-13H,7-10H2,1H3. The Morgan fingerprint density at radius 3 is 2.39 bits per heavy atom. The van der Waals surface area contributed by atoms with Crippen molar-refractivity contribution in [3.8, 4) is 0 Å². The summed E-state index contributed by atoms with van der Waals surface area (Å²) in [5.41, 5.74) is -0.783. The highest BCUT2D eigenvalue weighted by Gasteiger charge is 2.38. The number of nitro benzene ring substituents is 1. The molecule has 1 aliphatic heterocycles. The highest BCUT2D eigenvalue weighted by molar-refractivity contribution is 7.89. The largest absolute Gasteiger partial charge is 0.418 e. The molecule has 3 aromatic rings. The van der Waals surface area contributed by atoms with Gasteiger partial charge < -0.3 is 4.90 Å². The number of sulfonamides is 1. The number of rotatable bonds is 4. The fourth-order valence-electron chi connectivity index (χ4n) is 3.90. The highest BCUT2D eigenvalue weighted by atomic mass is 32.2. The molecule has 1 fully saturated rings. The number of nitrogens with zero attached hydrogens (tertiary/aromatic N) is 4. The molecule has 0 saturated carbocycles. The van der Waals surface area contributed by atoms with E-state index in [4.69, 9.17) is 0 Å². The van der Waals surface area contributed by atoms with Crippen LogP contribution < -0.4 is 4.90 Å². The van der Waals surface area contributed by atoms with Crippen molar-refractivity contribution < 1.29 is 26.5 Å². The van der Waals surface area contributed by atoms with E-state index in [9.17, 15) is 31.7 Å². The number of hydrogen-bond donors (Lipinski definition) is 0. The van der Waals surface area contributed by atoms with Crippen LogP contribution in [0.1, 0.15) is 11.1 Å². The molecule has 12 heteroatoms. The van der Waals surface area contributed by atoms with Gasteiger partial charge in [-0.3, -0.25) is 15.1 Å². The molecule has 0 unspecified atom stereocenters. The van der Waals surface area contributed by atoms with E-state index in [2.05, 4.69) is 4.98 Å². The van der Waals surface area contributed by atoms with Crippen molar-refractivity contribution in [2.24, 2.45) is 0 Å². The fraction of sp³-hybridized carbons (Fsp3) is 0.286. The second kappa shape index (κ2) is 8.27. The van der Waals surface area contributed by atoms with E-state index < -0.39 is 32.4 Å². The Morgan fingerprint density at radius 1 is 1.06 bits per heavy atom. The first-order valence-corrected chi connectivity index (χ1v) is 11.4. The van der Waals surface area contributed by atoms with Crippen LogP contribution in [0.5, 0.6) is 0 Å². The highest BCUT2D eigenvalue weighted by Crippen LogP contribution is 2.39. The molecule has 0 radical (unpaired) electrons. The Kier molecular flexibility index (Phi) is 5.74. The van der Waals surface area contributed by atoms with E-state index >= 15 is 0 Å². The molecule has 1 aliphatic rings. The van der Waals surface area contributed by atoms with Crippen molar-refractivity contribution in [1.29, 1.82) is 0 Å². The van der Waals surface area contributed by atoms with Crippen LogP contribution in [0.4, 0.5) is 24.5 Å². The number of aromatic nitrogens is 1. The Hall–Kier alpha value is -3.25. The van der Waals surface area contributed by atoms with Crippen LogP contribution in [0, 0.1) is 17.0 Å². The van der Waals surface area contributed by atoms with Crippen molar-refractivity contribution in [1.82, 2.24) is 9.29 Å². The fourth-order valence-corrected chi connectivity index (χ4v) is 5.49. The molecule has 8 nitrogen and oxygen atoms in total. The number of aryl methyl sites for hydroxylation is 1. The molecule has 33 heavy (non-hydrogen) atoms. The van der Waals surface area contributed by atoms with E-state index in [1.165, 1.54) is 15.3 Å². The molecule has 174 valence electrons. The number of para-hydroxylation sites is 1. The Morgan fingerprint density at radius 2 is 1.76 bits per heavy atom. The summed E-state index contributed by atoms with van der Waals surface area (Å²) in [7, 11) is -3.93. The zero-order chi connectivity index (χ0) is 24.0. The minimum Gasteiger partial charge on any atom is -0.368 e. The monoisotopic (exact) mass is 480 g/mol. The predicted octanol–water partition coefficient (Wildman–Crippen LogP) is 3.98. The zero-order valence-corrected chi connectivity index (χ0v) is 18.2. The lowest BCUT2D eigenvalue weighted by atomic mass is 10.1. The number of hydrogen-bond acceptors (Lipinski definition) is 6. The Balaban J connectivity index is 1.61. The van der Waals surface area contributed by atoms with Crippen LogP contribution in [-0.4, -0.2) is 48.8 Å². The first-order chi connectivity index (χ1) is 15.5.